The third-order valence-corrected chi connectivity index (χ3v) is 2.42. The molecular formula is C12H10N6O3. The maximum atomic E-state index is 11.8. The van der Waals surface area contributed by atoms with Gasteiger partial charge in [-0.15, -0.1) is 0 Å². The average Bonchev–Trinajstić information content (AvgIpc) is 2.49. The topological polar surface area (TPSA) is 136 Å². The molecule has 9 heteroatoms. The van der Waals surface area contributed by atoms with Gasteiger partial charge in [0, 0.05) is 24.0 Å². The molecule has 1 aromatic carbocycles. The zero-order chi connectivity index (χ0) is 15.2. The molecule has 0 aliphatic carbocycles. The van der Waals surface area contributed by atoms with Gasteiger partial charge < -0.3 is 5.73 Å². The fourth-order valence-electron chi connectivity index (χ4n) is 1.47. The molecule has 106 valence electrons. The Bertz CT molecular complexity index is 698. The first-order chi connectivity index (χ1) is 10.1. The Hall–Kier alpha value is -3.36. The van der Waals surface area contributed by atoms with Gasteiger partial charge in [-0.25, -0.2) is 15.4 Å². The van der Waals surface area contributed by atoms with E-state index in [1.54, 1.807) is 0 Å². The van der Waals surface area contributed by atoms with Crippen LogP contribution in [0.5, 0.6) is 0 Å². The van der Waals surface area contributed by atoms with Gasteiger partial charge in [0.15, 0.2) is 0 Å². The highest BCUT2D eigenvalue weighted by Crippen LogP contribution is 2.17. The number of nitrogen functional groups attached to an aromatic ring is 1. The number of nitro groups is 1. The van der Waals surface area contributed by atoms with Gasteiger partial charge in [0.05, 0.1) is 11.1 Å². The lowest BCUT2D eigenvalue weighted by Gasteiger charge is -2.00. The minimum atomic E-state index is -0.685. The molecule has 0 aliphatic rings. The Balaban J connectivity index is 2.08. The predicted molar refractivity (Wildman–Crippen MR) is 74.6 cm³/mol. The van der Waals surface area contributed by atoms with Crippen molar-refractivity contribution in [2.75, 3.05) is 5.73 Å². The summed E-state index contributed by atoms with van der Waals surface area (Å²) in [5.41, 5.74) is 7.67. The number of hydrogen-bond acceptors (Lipinski definition) is 7. The Morgan fingerprint density at radius 1 is 1.33 bits per heavy atom. The zero-order valence-electron chi connectivity index (χ0n) is 10.6. The molecule has 1 aromatic heterocycles. The molecule has 1 amide bonds. The first kappa shape index (κ1) is 14.1. The minimum absolute atomic E-state index is 0.0757. The summed E-state index contributed by atoms with van der Waals surface area (Å²) < 4.78 is 0. The number of aromatic nitrogens is 2. The number of nitrogens with two attached hydrogens (primary N) is 1. The lowest BCUT2D eigenvalue weighted by atomic mass is 10.2. The van der Waals surface area contributed by atoms with Gasteiger partial charge in [-0.05, 0) is 6.07 Å². The largest absolute Gasteiger partial charge is 0.368 e. The van der Waals surface area contributed by atoms with Crippen molar-refractivity contribution in [3.05, 3.63) is 57.9 Å². The summed E-state index contributed by atoms with van der Waals surface area (Å²) in [5, 5.41) is 14.5. The maximum absolute atomic E-state index is 11.8. The van der Waals surface area contributed by atoms with Crippen molar-refractivity contribution in [2.24, 2.45) is 5.10 Å². The van der Waals surface area contributed by atoms with E-state index in [4.69, 9.17) is 5.73 Å². The van der Waals surface area contributed by atoms with Crippen molar-refractivity contribution in [1.29, 1.82) is 0 Å². The van der Waals surface area contributed by atoms with Crippen LogP contribution in [0.4, 0.5) is 11.6 Å². The molecule has 1 heterocycles. The molecule has 0 atom stereocenters. The second-order valence-electron chi connectivity index (χ2n) is 3.85. The monoisotopic (exact) mass is 286 g/mol. The molecule has 21 heavy (non-hydrogen) atoms. The van der Waals surface area contributed by atoms with Crippen molar-refractivity contribution in [3.63, 3.8) is 0 Å². The summed E-state index contributed by atoms with van der Waals surface area (Å²) in [6.45, 7) is 0. The van der Waals surface area contributed by atoms with Crippen molar-refractivity contribution in [3.8, 4) is 0 Å². The van der Waals surface area contributed by atoms with Crippen LogP contribution < -0.4 is 11.2 Å². The van der Waals surface area contributed by atoms with E-state index in [-0.39, 0.29) is 17.2 Å². The molecule has 2 rings (SSSR count). The van der Waals surface area contributed by atoms with E-state index in [9.17, 15) is 14.9 Å². The fraction of sp³-hybridized carbons (Fsp3) is 0. The van der Waals surface area contributed by atoms with Crippen LogP contribution in [0.1, 0.15) is 15.9 Å². The standard InChI is InChI=1S/C12H10N6O3/c13-12-14-5-8(6-15-12)7-16-17-11(19)9-3-1-2-4-10(9)18(20)21/h1-7H,(H,17,19)(H2,13,14,15)/b16-7+. The number of hydrazone groups is 1. The van der Waals surface area contributed by atoms with Crippen molar-refractivity contribution in [1.82, 2.24) is 15.4 Å². The number of amides is 1. The van der Waals surface area contributed by atoms with Crippen molar-refractivity contribution >= 4 is 23.8 Å². The Labute approximate surface area is 118 Å². The molecule has 0 fully saturated rings. The van der Waals surface area contributed by atoms with Crippen LogP contribution in [0.2, 0.25) is 0 Å². The van der Waals surface area contributed by atoms with E-state index < -0.39 is 10.8 Å². The highest BCUT2D eigenvalue weighted by Gasteiger charge is 2.18. The number of nitro benzene ring substituents is 1. The molecule has 0 saturated carbocycles. The highest BCUT2D eigenvalue weighted by atomic mass is 16.6. The SMILES string of the molecule is Nc1ncc(/C=N/NC(=O)c2ccccc2[N+](=O)[O-])cn1. The first-order valence-corrected chi connectivity index (χ1v) is 5.72. The third-order valence-electron chi connectivity index (χ3n) is 2.42. The zero-order valence-corrected chi connectivity index (χ0v) is 10.6. The summed E-state index contributed by atoms with van der Waals surface area (Å²) in [6.07, 6.45) is 4.14. The van der Waals surface area contributed by atoms with E-state index in [1.165, 1.54) is 42.9 Å². The Morgan fingerprint density at radius 3 is 2.67 bits per heavy atom. The van der Waals surface area contributed by atoms with Crippen LogP contribution in [0.25, 0.3) is 0 Å². The van der Waals surface area contributed by atoms with Gasteiger partial charge in [0.25, 0.3) is 11.6 Å². The highest BCUT2D eigenvalue weighted by molar-refractivity contribution is 5.98. The molecule has 0 saturated heterocycles. The van der Waals surface area contributed by atoms with Crippen LogP contribution in [0.3, 0.4) is 0 Å². The number of para-hydroxylation sites is 1. The molecule has 0 spiro atoms. The number of rotatable bonds is 4. The van der Waals surface area contributed by atoms with Crippen molar-refractivity contribution < 1.29 is 9.72 Å². The van der Waals surface area contributed by atoms with E-state index in [0.29, 0.717) is 5.56 Å². The van der Waals surface area contributed by atoms with Crippen LogP contribution in [-0.2, 0) is 0 Å². The molecular weight excluding hydrogens is 276 g/mol. The summed E-state index contributed by atoms with van der Waals surface area (Å²) in [4.78, 5) is 29.5. The molecule has 0 aliphatic heterocycles. The van der Waals surface area contributed by atoms with E-state index in [1.807, 2.05) is 0 Å². The van der Waals surface area contributed by atoms with E-state index in [0.717, 1.165) is 0 Å². The van der Waals surface area contributed by atoms with Gasteiger partial charge >= 0.3 is 0 Å². The minimum Gasteiger partial charge on any atom is -0.368 e. The van der Waals surface area contributed by atoms with Gasteiger partial charge in [0.1, 0.15) is 5.56 Å². The summed E-state index contributed by atoms with van der Waals surface area (Å²) in [5.74, 6) is -0.564. The Morgan fingerprint density at radius 2 is 2.00 bits per heavy atom. The van der Waals surface area contributed by atoms with Crippen molar-refractivity contribution in [2.45, 2.75) is 0 Å². The number of benzene rings is 1. The molecule has 0 unspecified atom stereocenters. The second kappa shape index (κ2) is 6.19. The number of carbonyl (C=O) groups excluding carboxylic acids is 1. The number of anilines is 1. The smallest absolute Gasteiger partial charge is 0.282 e. The van der Waals surface area contributed by atoms with Crippen LogP contribution >= 0.6 is 0 Å². The quantitative estimate of drug-likeness (QED) is 0.483. The average molecular weight is 286 g/mol. The van der Waals surface area contributed by atoms with Gasteiger partial charge in [-0.2, -0.15) is 5.10 Å². The molecule has 2 aromatic rings. The van der Waals surface area contributed by atoms with Crippen LogP contribution in [0.15, 0.2) is 41.8 Å². The first-order valence-electron chi connectivity index (χ1n) is 5.72. The summed E-state index contributed by atoms with van der Waals surface area (Å²) in [7, 11) is 0. The van der Waals surface area contributed by atoms with E-state index in [2.05, 4.69) is 20.5 Å². The Kier molecular flexibility index (Phi) is 4.14. The normalized spacial score (nSPS) is 10.5. The number of nitrogens with zero attached hydrogens (tertiary/aromatic N) is 4. The molecule has 0 bridgehead atoms. The number of nitrogens with one attached hydrogen (secondary N) is 1. The predicted octanol–water partition coefficient (Wildman–Crippen LogP) is 0.731. The van der Waals surface area contributed by atoms with Gasteiger partial charge in [-0.3, -0.25) is 14.9 Å². The number of carbonyl (C=O) groups is 1. The lowest BCUT2D eigenvalue weighted by Crippen LogP contribution is -2.19. The van der Waals surface area contributed by atoms with Gasteiger partial charge in [0.2, 0.25) is 5.95 Å². The molecule has 3 N–H and O–H groups in total. The van der Waals surface area contributed by atoms with Crippen LogP contribution in [-0.4, -0.2) is 27.0 Å². The fourth-order valence-corrected chi connectivity index (χ4v) is 1.47. The molecule has 0 radical (unpaired) electrons. The van der Waals surface area contributed by atoms with E-state index >= 15 is 0 Å². The maximum Gasteiger partial charge on any atom is 0.282 e. The lowest BCUT2D eigenvalue weighted by molar-refractivity contribution is -0.385. The summed E-state index contributed by atoms with van der Waals surface area (Å²) in [6, 6.07) is 5.59. The second-order valence-corrected chi connectivity index (χ2v) is 3.85. The third kappa shape index (κ3) is 3.56. The molecule has 9 nitrogen and oxygen atoms in total. The van der Waals surface area contributed by atoms with Gasteiger partial charge in [-0.1, -0.05) is 12.1 Å². The number of hydrogen-bond donors (Lipinski definition) is 2. The summed E-state index contributed by atoms with van der Waals surface area (Å²) >= 11 is 0. The van der Waals surface area contributed by atoms with Crippen LogP contribution in [0, 0.1) is 10.1 Å².